The molecule has 1 aliphatic rings. The van der Waals surface area contributed by atoms with Gasteiger partial charge in [0.05, 0.1) is 5.69 Å². The number of nitrogens with zero attached hydrogens (tertiary/aromatic N) is 3. The van der Waals surface area contributed by atoms with Crippen molar-refractivity contribution in [3.8, 4) is 0 Å². The largest absolute Gasteiger partial charge is 0.372 e. The molecule has 5 nitrogen and oxygen atoms in total. The minimum Gasteiger partial charge on any atom is -0.372 e. The third kappa shape index (κ3) is 4.19. The first-order chi connectivity index (χ1) is 13.6. The molecule has 0 saturated carbocycles. The van der Waals surface area contributed by atoms with E-state index < -0.39 is 11.6 Å². The van der Waals surface area contributed by atoms with Gasteiger partial charge in [-0.3, -0.25) is 0 Å². The number of aryl methyl sites for hydroxylation is 1. The summed E-state index contributed by atoms with van der Waals surface area (Å²) in [6.45, 7) is 4.03. The molecule has 1 aromatic heterocycles. The van der Waals surface area contributed by atoms with Crippen LogP contribution in [0.4, 0.5) is 37.6 Å². The molecule has 7 heteroatoms. The van der Waals surface area contributed by atoms with Gasteiger partial charge in [-0.15, -0.1) is 0 Å². The Bertz CT molecular complexity index is 969. The summed E-state index contributed by atoms with van der Waals surface area (Å²) >= 11 is 0. The zero-order valence-electron chi connectivity index (χ0n) is 15.5. The molecule has 1 aliphatic heterocycles. The molecular weight excluding hydrogens is 360 g/mol. The van der Waals surface area contributed by atoms with Crippen LogP contribution in [0.1, 0.15) is 18.5 Å². The topological polar surface area (TPSA) is 53.1 Å². The van der Waals surface area contributed by atoms with Crippen molar-refractivity contribution in [3.05, 3.63) is 65.9 Å². The Balaban J connectivity index is 1.50. The highest BCUT2D eigenvalue weighted by atomic mass is 19.1. The van der Waals surface area contributed by atoms with Crippen LogP contribution in [-0.4, -0.2) is 23.1 Å². The molecule has 144 valence electrons. The fourth-order valence-electron chi connectivity index (χ4n) is 3.28. The van der Waals surface area contributed by atoms with E-state index in [2.05, 4.69) is 37.6 Å². The van der Waals surface area contributed by atoms with E-state index in [1.165, 1.54) is 30.7 Å². The predicted octanol–water partition coefficient (Wildman–Crippen LogP) is 5.15. The van der Waals surface area contributed by atoms with Gasteiger partial charge >= 0.3 is 0 Å². The minimum atomic E-state index is -0.678. The minimum absolute atomic E-state index is 0.153. The Morgan fingerprint density at radius 1 is 0.893 bits per heavy atom. The second-order valence-electron chi connectivity index (χ2n) is 6.83. The van der Waals surface area contributed by atoms with E-state index in [0.29, 0.717) is 11.8 Å². The van der Waals surface area contributed by atoms with Gasteiger partial charge in [-0.05, 0) is 56.2 Å². The zero-order chi connectivity index (χ0) is 19.5. The van der Waals surface area contributed by atoms with Gasteiger partial charge in [0.15, 0.2) is 0 Å². The normalized spacial score (nSPS) is 13.6. The molecule has 0 atom stereocenters. The number of halogens is 2. The van der Waals surface area contributed by atoms with Gasteiger partial charge in [-0.25, -0.2) is 13.8 Å². The quantitative estimate of drug-likeness (QED) is 0.640. The number of nitrogens with one attached hydrogen (secondary N) is 2. The Labute approximate surface area is 162 Å². The van der Waals surface area contributed by atoms with Gasteiger partial charge in [-0.2, -0.15) is 4.98 Å². The van der Waals surface area contributed by atoms with Crippen molar-refractivity contribution in [1.29, 1.82) is 0 Å². The van der Waals surface area contributed by atoms with Crippen LogP contribution in [0.3, 0.4) is 0 Å². The molecule has 0 amide bonds. The lowest BCUT2D eigenvalue weighted by Crippen LogP contribution is -2.17. The Morgan fingerprint density at radius 2 is 1.64 bits per heavy atom. The summed E-state index contributed by atoms with van der Waals surface area (Å²) in [5.74, 6) is -0.474. The van der Waals surface area contributed by atoms with E-state index >= 15 is 0 Å². The molecule has 3 aromatic rings. The van der Waals surface area contributed by atoms with Crippen LogP contribution in [0, 0.1) is 18.6 Å². The van der Waals surface area contributed by atoms with Crippen molar-refractivity contribution >= 4 is 28.8 Å². The van der Waals surface area contributed by atoms with Crippen LogP contribution in [0.2, 0.25) is 0 Å². The van der Waals surface area contributed by atoms with E-state index in [1.54, 1.807) is 6.07 Å². The van der Waals surface area contributed by atoms with Gasteiger partial charge in [0, 0.05) is 42.3 Å². The first-order valence-corrected chi connectivity index (χ1v) is 9.27. The second kappa shape index (κ2) is 7.80. The lowest BCUT2D eigenvalue weighted by Gasteiger charge is -2.18. The molecule has 0 bridgehead atoms. The van der Waals surface area contributed by atoms with E-state index in [1.807, 2.05) is 19.1 Å². The van der Waals surface area contributed by atoms with Crippen LogP contribution in [0.15, 0.2) is 48.5 Å². The average molecular weight is 381 g/mol. The van der Waals surface area contributed by atoms with Crippen molar-refractivity contribution < 1.29 is 8.78 Å². The van der Waals surface area contributed by atoms with Crippen molar-refractivity contribution in [2.24, 2.45) is 0 Å². The number of anilines is 5. The molecule has 1 fully saturated rings. The average Bonchev–Trinajstić information content (AvgIpc) is 3.19. The molecule has 2 N–H and O–H groups in total. The highest BCUT2D eigenvalue weighted by Gasteiger charge is 2.12. The van der Waals surface area contributed by atoms with E-state index in [9.17, 15) is 8.78 Å². The van der Waals surface area contributed by atoms with Gasteiger partial charge in [-0.1, -0.05) is 0 Å². The summed E-state index contributed by atoms with van der Waals surface area (Å²) in [6, 6.07) is 13.2. The monoisotopic (exact) mass is 381 g/mol. The third-order valence-corrected chi connectivity index (χ3v) is 4.64. The molecular formula is C21H21F2N5. The van der Waals surface area contributed by atoms with Crippen LogP contribution < -0.4 is 15.5 Å². The summed E-state index contributed by atoms with van der Waals surface area (Å²) in [4.78, 5) is 11.1. The number of rotatable bonds is 5. The fourth-order valence-corrected chi connectivity index (χ4v) is 3.28. The molecule has 2 heterocycles. The second-order valence-corrected chi connectivity index (χ2v) is 6.83. The molecule has 2 aromatic carbocycles. The first-order valence-electron chi connectivity index (χ1n) is 9.27. The van der Waals surface area contributed by atoms with Crippen molar-refractivity contribution in [2.45, 2.75) is 19.8 Å². The highest BCUT2D eigenvalue weighted by Crippen LogP contribution is 2.25. The van der Waals surface area contributed by atoms with E-state index in [-0.39, 0.29) is 5.69 Å². The SMILES string of the molecule is Cc1cc(Nc2ccc(F)cc2F)nc(Nc2ccc(N3CCCC3)cc2)n1. The molecule has 0 unspecified atom stereocenters. The maximum Gasteiger partial charge on any atom is 0.229 e. The Morgan fingerprint density at radius 3 is 2.36 bits per heavy atom. The Kier molecular flexibility index (Phi) is 5.06. The van der Waals surface area contributed by atoms with Crippen molar-refractivity contribution in [2.75, 3.05) is 28.6 Å². The number of hydrogen-bond acceptors (Lipinski definition) is 5. The number of aromatic nitrogens is 2. The molecule has 4 rings (SSSR count). The summed E-state index contributed by atoms with van der Waals surface area (Å²) in [6.07, 6.45) is 2.48. The van der Waals surface area contributed by atoms with Gasteiger partial charge < -0.3 is 15.5 Å². The fraction of sp³-hybridized carbons (Fsp3) is 0.238. The number of hydrogen-bond donors (Lipinski definition) is 2. The smallest absolute Gasteiger partial charge is 0.229 e. The maximum atomic E-state index is 13.9. The van der Waals surface area contributed by atoms with E-state index in [0.717, 1.165) is 30.5 Å². The molecule has 28 heavy (non-hydrogen) atoms. The van der Waals surface area contributed by atoms with Gasteiger partial charge in [0.25, 0.3) is 0 Å². The van der Waals surface area contributed by atoms with Crippen molar-refractivity contribution in [1.82, 2.24) is 9.97 Å². The molecule has 0 aliphatic carbocycles. The summed E-state index contributed by atoms with van der Waals surface area (Å²) in [5.41, 5.74) is 2.95. The molecule has 0 spiro atoms. The summed E-state index contributed by atoms with van der Waals surface area (Å²) in [5, 5.41) is 6.05. The van der Waals surface area contributed by atoms with E-state index in [4.69, 9.17) is 0 Å². The molecule has 1 saturated heterocycles. The predicted molar refractivity (Wildman–Crippen MR) is 108 cm³/mol. The van der Waals surface area contributed by atoms with Crippen molar-refractivity contribution in [3.63, 3.8) is 0 Å². The third-order valence-electron chi connectivity index (χ3n) is 4.64. The lowest BCUT2D eigenvalue weighted by atomic mass is 10.2. The zero-order valence-corrected chi connectivity index (χ0v) is 15.5. The van der Waals surface area contributed by atoms with Crippen LogP contribution >= 0.6 is 0 Å². The summed E-state index contributed by atoms with van der Waals surface area (Å²) < 4.78 is 27.0. The Hall–Kier alpha value is -3.22. The first kappa shape index (κ1) is 18.2. The summed E-state index contributed by atoms with van der Waals surface area (Å²) in [7, 11) is 0. The van der Waals surface area contributed by atoms with Gasteiger partial charge in [0.1, 0.15) is 17.5 Å². The van der Waals surface area contributed by atoms with Gasteiger partial charge in [0.2, 0.25) is 5.95 Å². The van der Waals surface area contributed by atoms with Crippen LogP contribution in [0.5, 0.6) is 0 Å². The highest BCUT2D eigenvalue weighted by molar-refractivity contribution is 5.62. The van der Waals surface area contributed by atoms with Crippen LogP contribution in [0.25, 0.3) is 0 Å². The number of benzene rings is 2. The molecule has 0 radical (unpaired) electrons. The maximum absolute atomic E-state index is 13.9. The van der Waals surface area contributed by atoms with Crippen LogP contribution in [-0.2, 0) is 0 Å². The standard InChI is InChI=1S/C21H21F2N5/c1-14-12-20(26-19-9-4-15(22)13-18(19)23)27-21(24-14)25-16-5-7-17(8-6-16)28-10-2-3-11-28/h4-9,12-13H,2-3,10-11H2,1H3,(H2,24,25,26,27). The lowest BCUT2D eigenvalue weighted by molar-refractivity contribution is 0.586.